The summed E-state index contributed by atoms with van der Waals surface area (Å²) in [5, 5.41) is 0. The molecule has 26 heavy (non-hydrogen) atoms. The Kier molecular flexibility index (Phi) is 3.69. The van der Waals surface area contributed by atoms with E-state index in [-0.39, 0.29) is 18.9 Å². The highest BCUT2D eigenvalue weighted by molar-refractivity contribution is 6.10. The van der Waals surface area contributed by atoms with Crippen molar-refractivity contribution in [3.05, 3.63) is 59.7 Å². The second-order valence-corrected chi connectivity index (χ2v) is 6.35. The minimum atomic E-state index is -1.36. The molecular formula is C21H17NO4. The first-order chi connectivity index (χ1) is 12.6. The van der Waals surface area contributed by atoms with E-state index in [0.29, 0.717) is 17.0 Å². The van der Waals surface area contributed by atoms with Gasteiger partial charge in [0.15, 0.2) is 0 Å². The van der Waals surface area contributed by atoms with Crippen LogP contribution >= 0.6 is 0 Å². The maximum Gasteiger partial charge on any atom is 0.308 e. The number of hydrogen-bond acceptors (Lipinski definition) is 4. The van der Waals surface area contributed by atoms with Gasteiger partial charge in [0, 0.05) is 11.5 Å². The molecule has 2 aromatic carbocycles. The molecule has 1 spiro atoms. The van der Waals surface area contributed by atoms with Gasteiger partial charge >= 0.3 is 5.97 Å². The summed E-state index contributed by atoms with van der Waals surface area (Å²) in [7, 11) is 1.59. The van der Waals surface area contributed by atoms with Crippen LogP contribution in [0.1, 0.15) is 23.5 Å². The van der Waals surface area contributed by atoms with Crippen LogP contribution in [-0.2, 0) is 19.9 Å². The number of carbonyl (C=O) groups excluding carboxylic acids is 2. The smallest absolute Gasteiger partial charge is 0.308 e. The minimum Gasteiger partial charge on any atom is -0.497 e. The van der Waals surface area contributed by atoms with Gasteiger partial charge in [-0.15, -0.1) is 6.42 Å². The largest absolute Gasteiger partial charge is 0.497 e. The fourth-order valence-corrected chi connectivity index (χ4v) is 3.92. The number of methoxy groups -OCH3 is 1. The van der Waals surface area contributed by atoms with Crippen molar-refractivity contribution >= 4 is 17.6 Å². The van der Waals surface area contributed by atoms with Crippen LogP contribution in [0.5, 0.6) is 5.75 Å². The van der Waals surface area contributed by atoms with E-state index >= 15 is 0 Å². The number of ether oxygens (including phenoxy) is 2. The molecule has 0 radical (unpaired) electrons. The summed E-state index contributed by atoms with van der Waals surface area (Å²) >= 11 is 0. The average Bonchev–Trinajstić information content (AvgIpc) is 3.14. The van der Waals surface area contributed by atoms with Gasteiger partial charge in [-0.3, -0.25) is 14.5 Å². The summed E-state index contributed by atoms with van der Waals surface area (Å²) < 4.78 is 10.9. The summed E-state index contributed by atoms with van der Waals surface area (Å²) in [6.45, 7) is 0.129. The van der Waals surface area contributed by atoms with E-state index in [0.717, 1.165) is 5.56 Å². The van der Waals surface area contributed by atoms with Gasteiger partial charge in [-0.05, 0) is 23.8 Å². The molecule has 5 nitrogen and oxygen atoms in total. The number of para-hydroxylation sites is 1. The number of hydrogen-bond donors (Lipinski definition) is 0. The maximum atomic E-state index is 13.4. The number of benzene rings is 2. The minimum absolute atomic E-state index is 0.129. The molecule has 0 saturated carbocycles. The molecule has 2 aliphatic heterocycles. The van der Waals surface area contributed by atoms with E-state index in [1.807, 2.05) is 48.5 Å². The second-order valence-electron chi connectivity index (χ2n) is 6.35. The number of carbonyl (C=O) groups is 2. The normalized spacial score (nSPS) is 23.7. The number of anilines is 1. The van der Waals surface area contributed by atoms with Gasteiger partial charge in [0.05, 0.1) is 25.8 Å². The van der Waals surface area contributed by atoms with Crippen LogP contribution in [0.15, 0.2) is 48.5 Å². The molecule has 0 bridgehead atoms. The highest BCUT2D eigenvalue weighted by Gasteiger charge is 2.63. The summed E-state index contributed by atoms with van der Waals surface area (Å²) in [6.07, 6.45) is 5.59. The van der Waals surface area contributed by atoms with Crippen LogP contribution in [0.4, 0.5) is 5.69 Å². The van der Waals surface area contributed by atoms with Crippen molar-refractivity contribution in [2.75, 3.05) is 18.6 Å². The quantitative estimate of drug-likeness (QED) is 0.633. The topological polar surface area (TPSA) is 55.8 Å². The van der Waals surface area contributed by atoms with Gasteiger partial charge in [0.2, 0.25) is 5.60 Å². The van der Waals surface area contributed by atoms with E-state index < -0.39 is 17.5 Å². The molecule has 0 aromatic heterocycles. The Balaban J connectivity index is 1.88. The molecule has 1 saturated heterocycles. The Morgan fingerprint density at radius 1 is 1.23 bits per heavy atom. The Morgan fingerprint density at radius 3 is 2.65 bits per heavy atom. The molecule has 2 aromatic rings. The van der Waals surface area contributed by atoms with Crippen molar-refractivity contribution in [1.82, 2.24) is 0 Å². The third-order valence-electron chi connectivity index (χ3n) is 5.06. The SMILES string of the molecule is C#CCN1C(=O)[C@@]2(OC(=O)C[C@@H]2c2ccc(OC)cc2)c2ccccc21. The average molecular weight is 347 g/mol. The fraction of sp³-hybridized carbons (Fsp3) is 0.238. The highest BCUT2D eigenvalue weighted by atomic mass is 16.6. The number of rotatable bonds is 3. The zero-order valence-electron chi connectivity index (χ0n) is 14.3. The number of amides is 1. The molecular weight excluding hydrogens is 330 g/mol. The van der Waals surface area contributed by atoms with Crippen LogP contribution in [0, 0.1) is 12.3 Å². The lowest BCUT2D eigenvalue weighted by molar-refractivity contribution is -0.157. The molecule has 0 aliphatic carbocycles. The van der Waals surface area contributed by atoms with Crippen molar-refractivity contribution in [1.29, 1.82) is 0 Å². The zero-order valence-corrected chi connectivity index (χ0v) is 14.3. The first-order valence-corrected chi connectivity index (χ1v) is 8.32. The van der Waals surface area contributed by atoms with Crippen LogP contribution < -0.4 is 9.64 Å². The summed E-state index contributed by atoms with van der Waals surface area (Å²) in [5.41, 5.74) is 0.872. The highest BCUT2D eigenvalue weighted by Crippen LogP contribution is 2.55. The predicted octanol–water partition coefficient (Wildman–Crippen LogP) is 2.60. The van der Waals surface area contributed by atoms with Crippen molar-refractivity contribution in [3.63, 3.8) is 0 Å². The molecule has 2 aliphatic rings. The summed E-state index contributed by atoms with van der Waals surface area (Å²) in [4.78, 5) is 27.1. The number of esters is 1. The molecule has 0 N–H and O–H groups in total. The molecule has 4 rings (SSSR count). The summed E-state index contributed by atoms with van der Waals surface area (Å²) in [5.74, 6) is 2.12. The Bertz CT molecular complexity index is 928. The van der Waals surface area contributed by atoms with E-state index in [9.17, 15) is 9.59 Å². The van der Waals surface area contributed by atoms with Gasteiger partial charge in [0.1, 0.15) is 5.75 Å². The standard InChI is InChI=1S/C21H17NO4/c1-3-12-22-18-7-5-4-6-16(18)21(20(22)24)17(13-19(23)26-21)14-8-10-15(25-2)11-9-14/h1,4-11,17H,12-13H2,2H3/t17-,21-/m1/s1. The number of fused-ring (bicyclic) bond motifs is 2. The molecule has 2 atom stereocenters. The van der Waals surface area contributed by atoms with E-state index in [1.54, 1.807) is 7.11 Å². The van der Waals surface area contributed by atoms with Gasteiger partial charge in [-0.25, -0.2) is 0 Å². The summed E-state index contributed by atoms with van der Waals surface area (Å²) in [6, 6.07) is 14.7. The first kappa shape index (κ1) is 16.2. The van der Waals surface area contributed by atoms with E-state index in [4.69, 9.17) is 15.9 Å². The Hall–Kier alpha value is -3.26. The van der Waals surface area contributed by atoms with Crippen LogP contribution in [0.3, 0.4) is 0 Å². The Morgan fingerprint density at radius 2 is 1.96 bits per heavy atom. The van der Waals surface area contributed by atoms with Crippen molar-refractivity contribution in [3.8, 4) is 18.1 Å². The van der Waals surface area contributed by atoms with Gasteiger partial charge < -0.3 is 9.47 Å². The van der Waals surface area contributed by atoms with Gasteiger partial charge in [-0.2, -0.15) is 0 Å². The molecule has 2 heterocycles. The predicted molar refractivity (Wildman–Crippen MR) is 95.8 cm³/mol. The third-order valence-corrected chi connectivity index (χ3v) is 5.06. The monoisotopic (exact) mass is 347 g/mol. The van der Waals surface area contributed by atoms with Crippen molar-refractivity contribution in [2.45, 2.75) is 17.9 Å². The molecule has 1 fully saturated rings. The van der Waals surface area contributed by atoms with Crippen LogP contribution in [0.2, 0.25) is 0 Å². The van der Waals surface area contributed by atoms with Crippen molar-refractivity contribution in [2.24, 2.45) is 0 Å². The van der Waals surface area contributed by atoms with E-state index in [2.05, 4.69) is 5.92 Å². The molecule has 5 heteroatoms. The third kappa shape index (κ3) is 2.12. The second kappa shape index (κ2) is 5.92. The lowest BCUT2D eigenvalue weighted by Gasteiger charge is -2.28. The molecule has 130 valence electrons. The number of terminal acetylenes is 1. The Labute approximate surface area is 151 Å². The first-order valence-electron chi connectivity index (χ1n) is 8.32. The number of nitrogens with zero attached hydrogens (tertiary/aromatic N) is 1. The van der Waals surface area contributed by atoms with Crippen molar-refractivity contribution < 1.29 is 19.1 Å². The lowest BCUT2D eigenvalue weighted by Crippen LogP contribution is -2.43. The van der Waals surface area contributed by atoms with Gasteiger partial charge in [-0.1, -0.05) is 36.3 Å². The molecule has 0 unspecified atom stereocenters. The fourth-order valence-electron chi connectivity index (χ4n) is 3.92. The maximum absolute atomic E-state index is 13.4. The molecule has 1 amide bonds. The van der Waals surface area contributed by atoms with E-state index in [1.165, 1.54) is 4.90 Å². The lowest BCUT2D eigenvalue weighted by atomic mass is 9.78. The van der Waals surface area contributed by atoms with Gasteiger partial charge in [0.25, 0.3) is 5.91 Å². The van der Waals surface area contributed by atoms with Crippen LogP contribution in [0.25, 0.3) is 0 Å². The zero-order chi connectivity index (χ0) is 18.3. The van der Waals surface area contributed by atoms with Crippen LogP contribution in [-0.4, -0.2) is 25.5 Å².